The van der Waals surface area contributed by atoms with Gasteiger partial charge in [-0.05, 0) is 24.3 Å². The molecular formula is C11H9ClNaO4+. The molecule has 4 nitrogen and oxygen atoms in total. The maximum atomic E-state index is 11.1. The molecule has 0 heterocycles. The summed E-state index contributed by atoms with van der Waals surface area (Å²) in [5.74, 6) is -2.26. The zero-order valence-corrected chi connectivity index (χ0v) is 12.2. The van der Waals surface area contributed by atoms with Crippen molar-refractivity contribution in [3.8, 4) is 0 Å². The van der Waals surface area contributed by atoms with Crippen LogP contribution in [0.15, 0.2) is 30.3 Å². The largest absolute Gasteiger partial charge is 1.00 e. The summed E-state index contributed by atoms with van der Waals surface area (Å²) in [6, 6.07) is 6.17. The van der Waals surface area contributed by atoms with Crippen molar-refractivity contribution in [2.45, 2.75) is 0 Å². The van der Waals surface area contributed by atoms with Crippen LogP contribution in [0.1, 0.15) is 5.56 Å². The maximum Gasteiger partial charge on any atom is 1.00 e. The molecule has 1 N–H and O–H groups in total. The minimum absolute atomic E-state index is 0. The Morgan fingerprint density at radius 2 is 1.82 bits per heavy atom. The molecule has 0 aliphatic heterocycles. The van der Waals surface area contributed by atoms with Gasteiger partial charge in [0.2, 0.25) is 0 Å². The van der Waals surface area contributed by atoms with E-state index < -0.39 is 11.8 Å². The van der Waals surface area contributed by atoms with E-state index in [1.807, 2.05) is 0 Å². The molecule has 0 bridgehead atoms. The molecule has 0 unspecified atom stereocenters. The minimum Gasteiger partial charge on any atom is -0.507 e. The van der Waals surface area contributed by atoms with Gasteiger partial charge in [-0.3, -0.25) is 4.79 Å². The van der Waals surface area contributed by atoms with Gasteiger partial charge in [-0.1, -0.05) is 11.6 Å². The Kier molecular flexibility index (Phi) is 7.15. The molecule has 1 aromatic carbocycles. The van der Waals surface area contributed by atoms with Crippen molar-refractivity contribution in [1.29, 1.82) is 0 Å². The molecule has 0 aromatic heterocycles. The van der Waals surface area contributed by atoms with Crippen LogP contribution >= 0.6 is 11.6 Å². The van der Waals surface area contributed by atoms with Crippen LogP contribution in [0.5, 0.6) is 0 Å². The standard InChI is InChI=1S/C11H9ClO4.Na/c1-16-11(15)10(14)6-9(13)7-2-4-8(12)5-3-7;/h2-6,13H,1H3;/q;+1/b9-6-;. The third kappa shape index (κ3) is 4.91. The van der Waals surface area contributed by atoms with Crippen molar-refractivity contribution in [3.63, 3.8) is 0 Å². The summed E-state index contributed by atoms with van der Waals surface area (Å²) < 4.78 is 4.20. The summed E-state index contributed by atoms with van der Waals surface area (Å²) in [5, 5.41) is 10.0. The Bertz CT molecular complexity index is 439. The van der Waals surface area contributed by atoms with Gasteiger partial charge in [0.05, 0.1) is 7.11 Å². The fraction of sp³-hybridized carbons (Fsp3) is 0.0909. The van der Waals surface area contributed by atoms with Gasteiger partial charge in [0, 0.05) is 16.7 Å². The maximum absolute atomic E-state index is 11.1. The Morgan fingerprint density at radius 3 is 2.29 bits per heavy atom. The van der Waals surface area contributed by atoms with E-state index in [4.69, 9.17) is 11.6 Å². The summed E-state index contributed by atoms with van der Waals surface area (Å²) >= 11 is 5.65. The van der Waals surface area contributed by atoms with Crippen molar-refractivity contribution in [3.05, 3.63) is 40.9 Å². The first-order valence-electron chi connectivity index (χ1n) is 4.33. The first-order chi connectivity index (χ1) is 7.54. The van der Waals surface area contributed by atoms with Crippen molar-refractivity contribution in [2.24, 2.45) is 0 Å². The van der Waals surface area contributed by atoms with Crippen LogP contribution in [0, 0.1) is 0 Å². The van der Waals surface area contributed by atoms with Crippen LogP contribution in [-0.4, -0.2) is 24.0 Å². The molecule has 0 aliphatic rings. The quantitative estimate of drug-likeness (QED) is 0.249. The van der Waals surface area contributed by atoms with Gasteiger partial charge in [-0.15, -0.1) is 0 Å². The molecule has 0 fully saturated rings. The monoisotopic (exact) mass is 263 g/mol. The number of hydrogen-bond acceptors (Lipinski definition) is 4. The Labute approximate surface area is 126 Å². The van der Waals surface area contributed by atoms with E-state index in [9.17, 15) is 14.7 Å². The third-order valence-corrected chi connectivity index (χ3v) is 2.05. The van der Waals surface area contributed by atoms with E-state index in [1.165, 1.54) is 12.1 Å². The second-order valence-electron chi connectivity index (χ2n) is 2.89. The second-order valence-corrected chi connectivity index (χ2v) is 3.33. The number of methoxy groups -OCH3 is 1. The van der Waals surface area contributed by atoms with Gasteiger partial charge in [0.1, 0.15) is 5.76 Å². The molecule has 1 aromatic rings. The van der Waals surface area contributed by atoms with E-state index in [2.05, 4.69) is 4.74 Å². The van der Waals surface area contributed by atoms with E-state index in [-0.39, 0.29) is 35.3 Å². The van der Waals surface area contributed by atoms with Gasteiger partial charge in [-0.2, -0.15) is 0 Å². The van der Waals surface area contributed by atoms with Crippen molar-refractivity contribution in [2.75, 3.05) is 7.11 Å². The average Bonchev–Trinajstić information content (AvgIpc) is 2.28. The van der Waals surface area contributed by atoms with Crippen LogP contribution in [0.2, 0.25) is 5.02 Å². The van der Waals surface area contributed by atoms with Crippen molar-refractivity contribution >= 4 is 29.1 Å². The summed E-state index contributed by atoms with van der Waals surface area (Å²) in [6.45, 7) is 0. The van der Waals surface area contributed by atoms with Gasteiger partial charge in [0.25, 0.3) is 5.78 Å². The Hall–Kier alpha value is -0.810. The molecule has 0 spiro atoms. The van der Waals surface area contributed by atoms with Crippen LogP contribution in [0.25, 0.3) is 5.76 Å². The summed E-state index contributed by atoms with van der Waals surface area (Å²) in [6.07, 6.45) is 0.801. The topological polar surface area (TPSA) is 63.6 Å². The number of hydrogen-bond donors (Lipinski definition) is 1. The van der Waals surface area contributed by atoms with E-state index in [1.54, 1.807) is 12.1 Å². The third-order valence-electron chi connectivity index (χ3n) is 1.79. The molecule has 6 heteroatoms. The smallest absolute Gasteiger partial charge is 0.507 e. The van der Waals surface area contributed by atoms with E-state index in [0.29, 0.717) is 10.6 Å². The number of rotatable bonds is 3. The number of aliphatic hydroxyl groups excluding tert-OH is 1. The average molecular weight is 264 g/mol. The molecule has 1 rings (SSSR count). The van der Waals surface area contributed by atoms with Crippen LogP contribution in [0.4, 0.5) is 0 Å². The molecule has 0 saturated carbocycles. The summed E-state index contributed by atoms with van der Waals surface area (Å²) in [4.78, 5) is 21.9. The first-order valence-corrected chi connectivity index (χ1v) is 4.71. The molecule has 17 heavy (non-hydrogen) atoms. The number of carbonyl (C=O) groups is 2. The molecule has 84 valence electrons. The number of aliphatic hydroxyl groups is 1. The first kappa shape index (κ1) is 16.2. The SMILES string of the molecule is COC(=O)C(=O)/C=C(\O)c1ccc(Cl)cc1.[Na+]. The number of benzene rings is 1. The molecule has 0 radical (unpaired) electrons. The summed E-state index contributed by atoms with van der Waals surface area (Å²) in [7, 11) is 1.09. The zero-order valence-electron chi connectivity index (χ0n) is 9.44. The number of ketones is 1. The van der Waals surface area contributed by atoms with Crippen LogP contribution in [-0.2, 0) is 14.3 Å². The predicted octanol–water partition coefficient (Wildman–Crippen LogP) is -1.02. The summed E-state index contributed by atoms with van der Waals surface area (Å²) in [5.41, 5.74) is 0.390. The number of halogens is 1. The number of carbonyl (C=O) groups excluding carboxylic acids is 2. The fourth-order valence-corrected chi connectivity index (χ4v) is 1.11. The molecule has 0 atom stereocenters. The normalized spacial score (nSPS) is 10.4. The van der Waals surface area contributed by atoms with Gasteiger partial charge in [-0.25, -0.2) is 4.79 Å². The van der Waals surface area contributed by atoms with Gasteiger partial charge in [0.15, 0.2) is 0 Å². The van der Waals surface area contributed by atoms with E-state index in [0.717, 1.165) is 13.2 Å². The Morgan fingerprint density at radius 1 is 1.29 bits per heavy atom. The second kappa shape index (κ2) is 7.50. The van der Waals surface area contributed by atoms with Gasteiger partial charge >= 0.3 is 35.5 Å². The molecule has 0 aliphatic carbocycles. The van der Waals surface area contributed by atoms with Crippen molar-refractivity contribution < 1.29 is 49.0 Å². The van der Waals surface area contributed by atoms with Gasteiger partial charge < -0.3 is 9.84 Å². The zero-order chi connectivity index (χ0) is 12.1. The van der Waals surface area contributed by atoms with Crippen molar-refractivity contribution in [1.82, 2.24) is 0 Å². The number of esters is 1. The Balaban J connectivity index is 0.00000256. The molecule has 0 amide bonds. The predicted molar refractivity (Wildman–Crippen MR) is 59.1 cm³/mol. The van der Waals surface area contributed by atoms with Crippen LogP contribution in [0.3, 0.4) is 0 Å². The molecule has 0 saturated heterocycles. The number of ether oxygens (including phenoxy) is 1. The fourth-order valence-electron chi connectivity index (χ4n) is 0.988. The molecular weight excluding hydrogens is 255 g/mol. The minimum atomic E-state index is -1.03. The van der Waals surface area contributed by atoms with Crippen LogP contribution < -0.4 is 29.6 Å². The van der Waals surface area contributed by atoms with E-state index >= 15 is 0 Å².